The molecule has 0 aliphatic carbocycles. The Bertz CT molecular complexity index is 956. The van der Waals surface area contributed by atoms with Crippen LogP contribution in [0.4, 0.5) is 4.79 Å². The van der Waals surface area contributed by atoms with Crippen molar-refractivity contribution in [2.24, 2.45) is 7.05 Å². The molecule has 8 nitrogen and oxygen atoms in total. The summed E-state index contributed by atoms with van der Waals surface area (Å²) in [5, 5.41) is 8.14. The number of benzene rings is 1. The fourth-order valence-electron chi connectivity index (χ4n) is 3.19. The van der Waals surface area contributed by atoms with Crippen molar-refractivity contribution < 1.29 is 14.3 Å². The summed E-state index contributed by atoms with van der Waals surface area (Å²) >= 11 is 0. The lowest BCUT2D eigenvalue weighted by molar-refractivity contribution is 0.155. The number of aryl methyl sites for hydroxylation is 1. The summed E-state index contributed by atoms with van der Waals surface area (Å²) in [4.78, 5) is 18.8. The van der Waals surface area contributed by atoms with Gasteiger partial charge in [0, 0.05) is 45.5 Å². The normalized spacial score (nSPS) is 12.0. The van der Waals surface area contributed by atoms with Gasteiger partial charge in [-0.1, -0.05) is 12.1 Å². The average molecular weight is 383 g/mol. The fraction of sp³-hybridized carbons (Fsp3) is 0.350. The molecule has 2 aromatic heterocycles. The van der Waals surface area contributed by atoms with Gasteiger partial charge in [-0.3, -0.25) is 9.67 Å². The molecule has 0 radical (unpaired) electrons. The molecule has 0 saturated heterocycles. The molecule has 0 bridgehead atoms. The highest BCUT2D eigenvalue weighted by Crippen LogP contribution is 2.27. The number of carbonyl (C=O) groups excluding carboxylic acids is 1. The molecular formula is C20H25N5O3. The highest BCUT2D eigenvalue weighted by atomic mass is 16.5. The van der Waals surface area contributed by atoms with E-state index in [9.17, 15) is 4.79 Å². The minimum Gasteiger partial charge on any atom is -0.494 e. The quantitative estimate of drug-likeness (QED) is 0.678. The van der Waals surface area contributed by atoms with Crippen molar-refractivity contribution in [2.45, 2.75) is 12.6 Å². The van der Waals surface area contributed by atoms with Gasteiger partial charge in [0.05, 0.1) is 25.5 Å². The highest BCUT2D eigenvalue weighted by molar-refractivity contribution is 5.87. The highest BCUT2D eigenvalue weighted by Gasteiger charge is 2.20. The summed E-state index contributed by atoms with van der Waals surface area (Å²) in [5.74, 6) is 0.711. The molecule has 8 heteroatoms. The van der Waals surface area contributed by atoms with Gasteiger partial charge in [0.1, 0.15) is 11.3 Å². The lowest BCUT2D eigenvalue weighted by Crippen LogP contribution is -2.41. The maximum absolute atomic E-state index is 12.8. The van der Waals surface area contributed by atoms with Gasteiger partial charge in [-0.25, -0.2) is 4.79 Å². The first kappa shape index (κ1) is 19.6. The van der Waals surface area contributed by atoms with Gasteiger partial charge >= 0.3 is 6.03 Å². The molecule has 1 atom stereocenters. The van der Waals surface area contributed by atoms with Crippen molar-refractivity contribution in [2.75, 3.05) is 27.9 Å². The Labute approximate surface area is 164 Å². The first-order valence-corrected chi connectivity index (χ1v) is 8.94. The van der Waals surface area contributed by atoms with E-state index in [1.54, 1.807) is 43.2 Å². The number of carbonyl (C=O) groups is 1. The van der Waals surface area contributed by atoms with Gasteiger partial charge < -0.3 is 19.7 Å². The Morgan fingerprint density at radius 2 is 2.07 bits per heavy atom. The third kappa shape index (κ3) is 4.07. The molecule has 0 unspecified atom stereocenters. The number of ether oxygens (including phenoxy) is 2. The number of nitrogens with zero attached hydrogens (tertiary/aromatic N) is 4. The number of amides is 2. The molecule has 2 amide bonds. The third-order valence-electron chi connectivity index (χ3n) is 4.64. The zero-order valence-electron chi connectivity index (χ0n) is 16.5. The van der Waals surface area contributed by atoms with E-state index in [0.717, 1.165) is 22.2 Å². The van der Waals surface area contributed by atoms with Crippen LogP contribution in [0.3, 0.4) is 0 Å². The zero-order chi connectivity index (χ0) is 20.1. The molecule has 148 valence electrons. The molecular weight excluding hydrogens is 358 g/mol. The first-order valence-electron chi connectivity index (χ1n) is 8.94. The number of methoxy groups -OCH3 is 2. The number of hydrogen-bond donors (Lipinski definition) is 1. The van der Waals surface area contributed by atoms with Gasteiger partial charge in [0.2, 0.25) is 0 Å². The van der Waals surface area contributed by atoms with Crippen LogP contribution in [0.5, 0.6) is 5.75 Å². The van der Waals surface area contributed by atoms with Crippen molar-refractivity contribution >= 4 is 16.9 Å². The summed E-state index contributed by atoms with van der Waals surface area (Å²) < 4.78 is 12.4. The van der Waals surface area contributed by atoms with Gasteiger partial charge in [-0.2, -0.15) is 5.10 Å². The zero-order valence-corrected chi connectivity index (χ0v) is 16.5. The SMILES string of the molecule is COC[C@H](NC(=O)N(C)Cc1ccc(OC)c2ncccc12)c1ccnn1C. The molecule has 3 rings (SSSR count). The third-order valence-corrected chi connectivity index (χ3v) is 4.64. The lowest BCUT2D eigenvalue weighted by atomic mass is 10.1. The van der Waals surface area contributed by atoms with E-state index >= 15 is 0 Å². The molecule has 0 aliphatic rings. The first-order chi connectivity index (χ1) is 13.5. The van der Waals surface area contributed by atoms with Crippen LogP contribution in [-0.4, -0.2) is 53.6 Å². The largest absolute Gasteiger partial charge is 0.494 e. The molecule has 0 fully saturated rings. The fourth-order valence-corrected chi connectivity index (χ4v) is 3.19. The van der Waals surface area contributed by atoms with Crippen LogP contribution in [0.25, 0.3) is 10.9 Å². The predicted octanol–water partition coefficient (Wildman–Crippen LogP) is 2.51. The van der Waals surface area contributed by atoms with Gasteiger partial charge in [-0.05, 0) is 23.8 Å². The monoisotopic (exact) mass is 383 g/mol. The van der Waals surface area contributed by atoms with Crippen LogP contribution < -0.4 is 10.1 Å². The van der Waals surface area contributed by atoms with Gasteiger partial charge in [0.15, 0.2) is 0 Å². The molecule has 0 saturated carbocycles. The van der Waals surface area contributed by atoms with Crippen LogP contribution in [0.15, 0.2) is 42.7 Å². The maximum atomic E-state index is 12.8. The van der Waals surface area contributed by atoms with E-state index in [1.165, 1.54) is 0 Å². The van der Waals surface area contributed by atoms with Crippen LogP contribution in [0.2, 0.25) is 0 Å². The van der Waals surface area contributed by atoms with E-state index in [4.69, 9.17) is 9.47 Å². The summed E-state index contributed by atoms with van der Waals surface area (Å²) in [6.45, 7) is 0.789. The average Bonchev–Trinajstić information content (AvgIpc) is 3.13. The Morgan fingerprint density at radius 1 is 1.25 bits per heavy atom. The predicted molar refractivity (Wildman–Crippen MR) is 106 cm³/mol. The maximum Gasteiger partial charge on any atom is 0.318 e. The van der Waals surface area contributed by atoms with E-state index in [1.807, 2.05) is 37.4 Å². The molecule has 3 aromatic rings. The number of aromatic nitrogens is 3. The minimum atomic E-state index is -0.290. The molecule has 1 N–H and O–H groups in total. The molecule has 0 aliphatic heterocycles. The summed E-state index contributed by atoms with van der Waals surface area (Å²) in [5.41, 5.74) is 2.65. The molecule has 0 spiro atoms. The van der Waals surface area contributed by atoms with Crippen LogP contribution in [0, 0.1) is 0 Å². The summed E-state index contributed by atoms with van der Waals surface area (Å²) in [6, 6.07) is 9.07. The van der Waals surface area contributed by atoms with E-state index < -0.39 is 0 Å². The summed E-state index contributed by atoms with van der Waals surface area (Å²) in [7, 11) is 6.83. The Balaban J connectivity index is 1.77. The standard InChI is InChI=1S/C20H25N5O3/c1-24(20(26)23-16(13-27-3)17-9-11-22-25(17)2)12-14-7-8-18(28-4)19-15(14)6-5-10-21-19/h5-11,16H,12-13H2,1-4H3,(H,23,26)/t16-/m0/s1. The Morgan fingerprint density at radius 3 is 2.75 bits per heavy atom. The van der Waals surface area contributed by atoms with Crippen molar-refractivity contribution in [1.29, 1.82) is 0 Å². The smallest absolute Gasteiger partial charge is 0.318 e. The van der Waals surface area contributed by atoms with Crippen molar-refractivity contribution in [3.8, 4) is 5.75 Å². The van der Waals surface area contributed by atoms with Crippen molar-refractivity contribution in [1.82, 2.24) is 25.0 Å². The Hall–Kier alpha value is -3.13. The molecule has 1 aromatic carbocycles. The second kappa shape index (κ2) is 8.71. The molecule has 28 heavy (non-hydrogen) atoms. The van der Waals surface area contributed by atoms with Crippen molar-refractivity contribution in [3.05, 3.63) is 54.0 Å². The van der Waals surface area contributed by atoms with E-state index in [2.05, 4.69) is 15.4 Å². The number of hydrogen-bond acceptors (Lipinski definition) is 5. The lowest BCUT2D eigenvalue weighted by Gasteiger charge is -2.24. The number of urea groups is 1. The van der Waals surface area contributed by atoms with Crippen LogP contribution in [0.1, 0.15) is 17.3 Å². The second-order valence-electron chi connectivity index (χ2n) is 6.52. The molecule has 2 heterocycles. The second-order valence-corrected chi connectivity index (χ2v) is 6.52. The topological polar surface area (TPSA) is 81.5 Å². The van der Waals surface area contributed by atoms with E-state index in [0.29, 0.717) is 18.9 Å². The van der Waals surface area contributed by atoms with Crippen LogP contribution >= 0.6 is 0 Å². The number of nitrogens with one attached hydrogen (secondary N) is 1. The van der Waals surface area contributed by atoms with Gasteiger partial charge in [0.25, 0.3) is 0 Å². The summed E-state index contributed by atoms with van der Waals surface area (Å²) in [6.07, 6.45) is 3.43. The number of fused-ring (bicyclic) bond motifs is 1. The van der Waals surface area contributed by atoms with Gasteiger partial charge in [-0.15, -0.1) is 0 Å². The Kier molecular flexibility index (Phi) is 6.10. The minimum absolute atomic E-state index is 0.198. The number of rotatable bonds is 7. The van der Waals surface area contributed by atoms with Crippen LogP contribution in [-0.2, 0) is 18.3 Å². The van der Waals surface area contributed by atoms with E-state index in [-0.39, 0.29) is 12.1 Å². The number of pyridine rings is 1. The van der Waals surface area contributed by atoms with Crippen molar-refractivity contribution in [3.63, 3.8) is 0 Å².